The van der Waals surface area contributed by atoms with Crippen LogP contribution in [0.25, 0.3) is 0 Å². The summed E-state index contributed by atoms with van der Waals surface area (Å²) in [5.74, 6) is 0.694. The van der Waals surface area contributed by atoms with E-state index in [1.54, 1.807) is 31.2 Å². The molecule has 23 heavy (non-hydrogen) atoms. The van der Waals surface area contributed by atoms with Crippen molar-refractivity contribution in [2.24, 2.45) is 0 Å². The van der Waals surface area contributed by atoms with Gasteiger partial charge in [0.05, 0.1) is 24.9 Å². The van der Waals surface area contributed by atoms with Gasteiger partial charge in [-0.15, -0.1) is 0 Å². The summed E-state index contributed by atoms with van der Waals surface area (Å²) < 4.78 is 24.0. The third-order valence-corrected chi connectivity index (χ3v) is 3.74. The SMILES string of the molecule is COc1cc(NC(=S)Nc2cccc(F)c2C)c(OC)cc1Cl. The lowest BCUT2D eigenvalue weighted by atomic mass is 10.2. The Morgan fingerprint density at radius 1 is 1.09 bits per heavy atom. The highest BCUT2D eigenvalue weighted by atomic mass is 35.5. The van der Waals surface area contributed by atoms with E-state index in [9.17, 15) is 4.39 Å². The Morgan fingerprint density at radius 2 is 1.74 bits per heavy atom. The zero-order chi connectivity index (χ0) is 17.0. The summed E-state index contributed by atoms with van der Waals surface area (Å²) in [6, 6.07) is 8.04. The standard InChI is InChI=1S/C16H16ClFN2O2S/c1-9-11(18)5-4-6-12(9)19-16(23)20-13-8-14(21-2)10(17)7-15(13)22-3/h4-8H,1-3H3,(H2,19,20,23). The van der Waals surface area contributed by atoms with Crippen molar-refractivity contribution in [3.05, 3.63) is 46.7 Å². The van der Waals surface area contributed by atoms with Crippen molar-refractivity contribution in [3.63, 3.8) is 0 Å². The van der Waals surface area contributed by atoms with Crippen molar-refractivity contribution in [1.82, 2.24) is 0 Å². The highest BCUT2D eigenvalue weighted by Crippen LogP contribution is 2.36. The van der Waals surface area contributed by atoms with Crippen LogP contribution in [0.2, 0.25) is 5.02 Å². The highest BCUT2D eigenvalue weighted by molar-refractivity contribution is 7.80. The average Bonchev–Trinajstić information content (AvgIpc) is 2.53. The van der Waals surface area contributed by atoms with E-state index >= 15 is 0 Å². The first kappa shape index (κ1) is 17.3. The van der Waals surface area contributed by atoms with Crippen LogP contribution in [0.3, 0.4) is 0 Å². The summed E-state index contributed by atoms with van der Waals surface area (Å²) in [4.78, 5) is 0. The lowest BCUT2D eigenvalue weighted by molar-refractivity contribution is 0.405. The van der Waals surface area contributed by atoms with Gasteiger partial charge in [0.2, 0.25) is 0 Å². The lowest BCUT2D eigenvalue weighted by Crippen LogP contribution is -2.20. The van der Waals surface area contributed by atoms with E-state index in [2.05, 4.69) is 10.6 Å². The van der Waals surface area contributed by atoms with Crippen LogP contribution in [-0.4, -0.2) is 19.3 Å². The molecule has 0 aliphatic heterocycles. The maximum atomic E-state index is 13.6. The van der Waals surface area contributed by atoms with Crippen LogP contribution in [0.15, 0.2) is 30.3 Å². The van der Waals surface area contributed by atoms with E-state index in [-0.39, 0.29) is 5.82 Å². The second-order valence-corrected chi connectivity index (χ2v) is 5.49. The number of anilines is 2. The first-order chi connectivity index (χ1) is 11.0. The molecule has 0 fully saturated rings. The summed E-state index contributed by atoms with van der Waals surface area (Å²) in [6.07, 6.45) is 0. The number of nitrogens with one attached hydrogen (secondary N) is 2. The number of halogens is 2. The smallest absolute Gasteiger partial charge is 0.175 e. The minimum Gasteiger partial charge on any atom is -0.495 e. The molecule has 0 aliphatic carbocycles. The zero-order valence-corrected chi connectivity index (χ0v) is 14.4. The Bertz CT molecular complexity index is 740. The summed E-state index contributed by atoms with van der Waals surface area (Å²) in [5.41, 5.74) is 1.65. The Balaban J connectivity index is 2.21. The number of hydrogen-bond acceptors (Lipinski definition) is 3. The molecule has 0 heterocycles. The Labute approximate surface area is 144 Å². The van der Waals surface area contributed by atoms with E-state index in [0.717, 1.165) is 0 Å². The molecule has 0 atom stereocenters. The predicted octanol–water partition coefficient (Wildman–Crippen LogP) is 4.61. The fraction of sp³-hybridized carbons (Fsp3) is 0.188. The molecular weight excluding hydrogens is 339 g/mol. The number of rotatable bonds is 4. The topological polar surface area (TPSA) is 42.5 Å². The minimum absolute atomic E-state index is 0.293. The second-order valence-electron chi connectivity index (χ2n) is 4.68. The summed E-state index contributed by atoms with van der Waals surface area (Å²) in [5, 5.41) is 6.67. The number of benzene rings is 2. The molecule has 2 aromatic carbocycles. The van der Waals surface area contributed by atoms with Crippen molar-refractivity contribution in [1.29, 1.82) is 0 Å². The van der Waals surface area contributed by atoms with Crippen molar-refractivity contribution in [3.8, 4) is 11.5 Å². The molecule has 4 nitrogen and oxygen atoms in total. The Morgan fingerprint density at radius 3 is 2.39 bits per heavy atom. The molecule has 0 aromatic heterocycles. The molecule has 0 bridgehead atoms. The van der Waals surface area contributed by atoms with Gasteiger partial charge in [-0.25, -0.2) is 4.39 Å². The van der Waals surface area contributed by atoms with Gasteiger partial charge < -0.3 is 20.1 Å². The normalized spacial score (nSPS) is 10.1. The molecule has 0 aliphatic rings. The van der Waals surface area contributed by atoms with Crippen molar-refractivity contribution in [2.75, 3.05) is 24.9 Å². The average molecular weight is 355 g/mol. The maximum absolute atomic E-state index is 13.6. The van der Waals surface area contributed by atoms with Crippen LogP contribution in [0, 0.1) is 12.7 Å². The van der Waals surface area contributed by atoms with Gasteiger partial charge in [0.1, 0.15) is 17.3 Å². The Kier molecular flexibility index (Phi) is 5.63. The van der Waals surface area contributed by atoms with E-state index in [1.165, 1.54) is 20.3 Å². The minimum atomic E-state index is -0.302. The third-order valence-electron chi connectivity index (χ3n) is 3.24. The van der Waals surface area contributed by atoms with Crippen molar-refractivity contribution >= 4 is 40.3 Å². The second kappa shape index (κ2) is 7.48. The van der Waals surface area contributed by atoms with Crippen LogP contribution in [0.4, 0.5) is 15.8 Å². The molecule has 2 aromatic rings. The number of ether oxygens (including phenoxy) is 2. The van der Waals surface area contributed by atoms with Gasteiger partial charge in [-0.1, -0.05) is 17.7 Å². The molecule has 2 rings (SSSR count). The maximum Gasteiger partial charge on any atom is 0.175 e. The molecule has 122 valence electrons. The molecule has 0 unspecified atom stereocenters. The number of thiocarbonyl (C=S) groups is 1. The first-order valence-electron chi connectivity index (χ1n) is 6.71. The molecule has 0 saturated carbocycles. The highest BCUT2D eigenvalue weighted by Gasteiger charge is 2.12. The van der Waals surface area contributed by atoms with E-state index in [1.807, 2.05) is 0 Å². The van der Waals surface area contributed by atoms with E-state index in [4.69, 9.17) is 33.3 Å². The van der Waals surface area contributed by atoms with Gasteiger partial charge in [0, 0.05) is 23.4 Å². The van der Waals surface area contributed by atoms with Gasteiger partial charge in [0.25, 0.3) is 0 Å². The summed E-state index contributed by atoms with van der Waals surface area (Å²) in [6.45, 7) is 1.67. The summed E-state index contributed by atoms with van der Waals surface area (Å²) in [7, 11) is 3.04. The Hall–Kier alpha value is -2.05. The fourth-order valence-electron chi connectivity index (χ4n) is 1.98. The van der Waals surface area contributed by atoms with E-state index in [0.29, 0.717) is 38.6 Å². The van der Waals surface area contributed by atoms with Gasteiger partial charge in [0.15, 0.2) is 5.11 Å². The molecule has 0 radical (unpaired) electrons. The lowest BCUT2D eigenvalue weighted by Gasteiger charge is -2.16. The largest absolute Gasteiger partial charge is 0.495 e. The van der Waals surface area contributed by atoms with Gasteiger partial charge >= 0.3 is 0 Å². The van der Waals surface area contributed by atoms with Gasteiger partial charge in [-0.05, 0) is 31.3 Å². The summed E-state index contributed by atoms with van der Waals surface area (Å²) >= 11 is 11.3. The van der Waals surface area contributed by atoms with Crippen LogP contribution in [-0.2, 0) is 0 Å². The van der Waals surface area contributed by atoms with Crippen LogP contribution < -0.4 is 20.1 Å². The molecule has 0 amide bonds. The third kappa shape index (κ3) is 4.03. The number of methoxy groups -OCH3 is 2. The van der Waals surface area contributed by atoms with Crippen molar-refractivity contribution in [2.45, 2.75) is 6.92 Å². The van der Waals surface area contributed by atoms with Crippen LogP contribution in [0.1, 0.15) is 5.56 Å². The van der Waals surface area contributed by atoms with Gasteiger partial charge in [-0.3, -0.25) is 0 Å². The molecule has 0 saturated heterocycles. The van der Waals surface area contributed by atoms with E-state index < -0.39 is 0 Å². The molecular formula is C16H16ClFN2O2S. The predicted molar refractivity (Wildman–Crippen MR) is 95.5 cm³/mol. The molecule has 0 spiro atoms. The molecule has 2 N–H and O–H groups in total. The first-order valence-corrected chi connectivity index (χ1v) is 7.49. The molecule has 7 heteroatoms. The zero-order valence-electron chi connectivity index (χ0n) is 12.9. The monoisotopic (exact) mass is 354 g/mol. The van der Waals surface area contributed by atoms with Crippen molar-refractivity contribution < 1.29 is 13.9 Å². The quantitative estimate of drug-likeness (QED) is 0.784. The van der Waals surface area contributed by atoms with Crippen LogP contribution >= 0.6 is 23.8 Å². The van der Waals surface area contributed by atoms with Crippen LogP contribution in [0.5, 0.6) is 11.5 Å². The number of hydrogen-bond donors (Lipinski definition) is 2. The fourth-order valence-corrected chi connectivity index (χ4v) is 2.43. The van der Waals surface area contributed by atoms with Gasteiger partial charge in [-0.2, -0.15) is 0 Å².